The first-order chi connectivity index (χ1) is 2.56. The van der Waals surface area contributed by atoms with Crippen molar-refractivity contribution >= 4 is 18.3 Å². The zero-order chi connectivity index (χ0) is 5.21. The van der Waals surface area contributed by atoms with Crippen LogP contribution in [0.4, 0.5) is 0 Å². The first kappa shape index (κ1) is 11.1. The Bertz CT molecular complexity index is 75.8. The molecule has 42 valence electrons. The largest absolute Gasteiger partial charge is 0.458 e. The molecule has 0 fully saturated rings. The van der Waals surface area contributed by atoms with E-state index in [4.69, 9.17) is 9.79 Å². The Labute approximate surface area is 63.2 Å². The fourth-order valence-corrected chi connectivity index (χ4v) is 0. The maximum atomic E-state index is 9.51. The van der Waals surface area contributed by atoms with Gasteiger partial charge in [-0.25, -0.2) is 4.57 Å². The van der Waals surface area contributed by atoms with Crippen molar-refractivity contribution in [2.75, 3.05) is 0 Å². The molecule has 0 saturated carbocycles. The maximum absolute atomic E-state index is 9.51. The molecule has 0 saturated heterocycles. The molecule has 0 bridgehead atoms. The second kappa shape index (κ2) is 4.13. The molecule has 0 radical (unpaired) electrons. The molecule has 0 aromatic carbocycles. The Balaban J connectivity index is 0. The molecule has 7 heavy (non-hydrogen) atoms. The summed E-state index contributed by atoms with van der Waals surface area (Å²) in [5.41, 5.74) is 0. The molecule has 0 aliphatic heterocycles. The van der Waals surface area contributed by atoms with Crippen molar-refractivity contribution in [3.63, 3.8) is 0 Å². The Morgan fingerprint density at radius 2 is 1.71 bits per heavy atom. The SMILES string of the molecule is O=P(O)(O)O[SiH3].[Zr]. The first-order valence-corrected chi connectivity index (χ1v) is 3.52. The van der Waals surface area contributed by atoms with Gasteiger partial charge in [0.15, 0.2) is 10.5 Å². The van der Waals surface area contributed by atoms with Gasteiger partial charge in [0.05, 0.1) is 0 Å². The fourth-order valence-electron chi connectivity index (χ4n) is 0. The standard InChI is InChI=1S/H5O4PSi.Zr/c1-5(2,3)4-6;/h6H3,(H2,1,2,3);. The summed E-state index contributed by atoms with van der Waals surface area (Å²) in [7, 11) is -4.00. The summed E-state index contributed by atoms with van der Waals surface area (Å²) in [6, 6.07) is 0. The molecule has 0 heterocycles. The van der Waals surface area contributed by atoms with Gasteiger partial charge in [-0.1, -0.05) is 0 Å². The van der Waals surface area contributed by atoms with E-state index in [1.165, 1.54) is 0 Å². The molecule has 0 atom stereocenters. The first-order valence-electron chi connectivity index (χ1n) is 1.17. The van der Waals surface area contributed by atoms with Crippen LogP contribution in [0, 0.1) is 0 Å². The van der Waals surface area contributed by atoms with Crippen LogP contribution >= 0.6 is 7.82 Å². The monoisotopic (exact) mass is 218 g/mol. The molecule has 0 amide bonds. The van der Waals surface area contributed by atoms with Gasteiger partial charge in [-0.15, -0.1) is 0 Å². The van der Waals surface area contributed by atoms with E-state index in [1.807, 2.05) is 0 Å². The summed E-state index contributed by atoms with van der Waals surface area (Å²) in [6.45, 7) is 0. The predicted octanol–water partition coefficient (Wildman–Crippen LogP) is -1.63. The number of hydrogen-bond acceptors (Lipinski definition) is 2. The van der Waals surface area contributed by atoms with Crippen LogP contribution < -0.4 is 0 Å². The molecule has 0 aromatic heterocycles. The van der Waals surface area contributed by atoms with Gasteiger partial charge >= 0.3 is 7.82 Å². The third-order valence-corrected chi connectivity index (χ3v) is 2.14. The van der Waals surface area contributed by atoms with E-state index in [0.717, 1.165) is 0 Å². The van der Waals surface area contributed by atoms with Gasteiger partial charge in [-0.3, -0.25) is 0 Å². The zero-order valence-corrected chi connectivity index (χ0v) is 9.01. The van der Waals surface area contributed by atoms with Gasteiger partial charge in [0.1, 0.15) is 0 Å². The van der Waals surface area contributed by atoms with Gasteiger partial charge < -0.3 is 14.0 Å². The van der Waals surface area contributed by atoms with E-state index in [-0.39, 0.29) is 36.7 Å². The molecule has 0 aromatic rings. The summed E-state index contributed by atoms with van der Waals surface area (Å²) in [6.07, 6.45) is 0. The minimum absolute atomic E-state index is 0. The minimum atomic E-state index is -4.08. The molecule has 2 N–H and O–H groups in total. The van der Waals surface area contributed by atoms with Crippen LogP contribution in [-0.2, 0) is 35.0 Å². The van der Waals surface area contributed by atoms with E-state index in [2.05, 4.69) is 4.21 Å². The summed E-state index contributed by atoms with van der Waals surface area (Å²) in [4.78, 5) is 15.5. The summed E-state index contributed by atoms with van der Waals surface area (Å²) in [5, 5.41) is 0. The topological polar surface area (TPSA) is 66.8 Å². The molecule has 0 aliphatic carbocycles. The van der Waals surface area contributed by atoms with Crippen LogP contribution in [0.1, 0.15) is 0 Å². The molecule has 0 spiro atoms. The van der Waals surface area contributed by atoms with E-state index in [0.29, 0.717) is 0 Å². The van der Waals surface area contributed by atoms with Gasteiger partial charge in [0.25, 0.3) is 0 Å². The second-order valence-corrected chi connectivity index (χ2v) is 3.11. The summed E-state index contributed by atoms with van der Waals surface area (Å²) in [5.74, 6) is 0. The Morgan fingerprint density at radius 3 is 1.71 bits per heavy atom. The third kappa shape index (κ3) is 11.0. The van der Waals surface area contributed by atoms with Crippen LogP contribution in [-0.4, -0.2) is 20.3 Å². The predicted molar refractivity (Wildman–Crippen MR) is 23.1 cm³/mol. The molecule has 7 heteroatoms. The van der Waals surface area contributed by atoms with E-state index in [9.17, 15) is 4.57 Å². The second-order valence-electron chi connectivity index (χ2n) is 0.673. The van der Waals surface area contributed by atoms with E-state index in [1.54, 1.807) is 0 Å². The number of hydrogen-bond donors (Lipinski definition) is 2. The molecule has 0 aliphatic rings. The quantitative estimate of drug-likeness (QED) is 0.411. The molecule has 4 nitrogen and oxygen atoms in total. The average Bonchev–Trinajstić information content (AvgIpc) is 1.35. The smallest absolute Gasteiger partial charge is 0.342 e. The third-order valence-electron chi connectivity index (χ3n) is 0.238. The van der Waals surface area contributed by atoms with Gasteiger partial charge in [0, 0.05) is 26.2 Å². The van der Waals surface area contributed by atoms with Crippen molar-refractivity contribution in [3.8, 4) is 0 Å². The fraction of sp³-hybridized carbons (Fsp3) is 0. The van der Waals surface area contributed by atoms with Gasteiger partial charge in [-0.2, -0.15) is 0 Å². The summed E-state index contributed by atoms with van der Waals surface area (Å²) >= 11 is 0. The summed E-state index contributed by atoms with van der Waals surface area (Å²) < 4.78 is 13.2. The van der Waals surface area contributed by atoms with Crippen LogP contribution in [0.5, 0.6) is 0 Å². The number of phosphoric acid groups is 1. The average molecular weight is 219 g/mol. The molecular weight excluding hydrogens is 214 g/mol. The van der Waals surface area contributed by atoms with Crippen molar-refractivity contribution in [2.45, 2.75) is 0 Å². The normalized spacial score (nSPS) is 10.6. The Kier molecular flexibility index (Phi) is 6.52. The zero-order valence-electron chi connectivity index (χ0n) is 3.66. The van der Waals surface area contributed by atoms with Crippen molar-refractivity contribution in [3.05, 3.63) is 0 Å². The Hall–Kier alpha value is 1.21. The van der Waals surface area contributed by atoms with E-state index >= 15 is 0 Å². The van der Waals surface area contributed by atoms with Crippen molar-refractivity contribution in [1.82, 2.24) is 0 Å². The van der Waals surface area contributed by atoms with Crippen LogP contribution in [0.25, 0.3) is 0 Å². The molecule has 0 unspecified atom stereocenters. The molecular formula is H5O4PSiZr. The van der Waals surface area contributed by atoms with Crippen LogP contribution in [0.2, 0.25) is 0 Å². The maximum Gasteiger partial charge on any atom is 0.458 e. The Morgan fingerprint density at radius 1 is 1.57 bits per heavy atom. The van der Waals surface area contributed by atoms with Gasteiger partial charge in [-0.05, 0) is 0 Å². The van der Waals surface area contributed by atoms with Crippen molar-refractivity contribution < 1.29 is 44.8 Å². The minimum Gasteiger partial charge on any atom is -0.342 e. The van der Waals surface area contributed by atoms with Crippen LogP contribution in [0.15, 0.2) is 0 Å². The van der Waals surface area contributed by atoms with Crippen molar-refractivity contribution in [2.24, 2.45) is 0 Å². The van der Waals surface area contributed by atoms with Crippen LogP contribution in [0.3, 0.4) is 0 Å². The molecule has 0 rings (SSSR count). The van der Waals surface area contributed by atoms with Gasteiger partial charge in [0.2, 0.25) is 0 Å². The van der Waals surface area contributed by atoms with E-state index < -0.39 is 7.82 Å². The van der Waals surface area contributed by atoms with Crippen molar-refractivity contribution in [1.29, 1.82) is 0 Å². The number of rotatable bonds is 1.